The van der Waals surface area contributed by atoms with E-state index in [0.717, 1.165) is 29.5 Å². The van der Waals surface area contributed by atoms with Crippen LogP contribution in [0.25, 0.3) is 0 Å². The van der Waals surface area contributed by atoms with Crippen LogP contribution in [0.1, 0.15) is 17.5 Å². The number of thioether (sulfide) groups is 1. The van der Waals surface area contributed by atoms with Gasteiger partial charge in [0.15, 0.2) is 0 Å². The van der Waals surface area contributed by atoms with Crippen LogP contribution in [0.4, 0.5) is 8.78 Å². The Balaban J connectivity index is 2.02. The van der Waals surface area contributed by atoms with Crippen LogP contribution in [-0.2, 0) is 17.9 Å². The Morgan fingerprint density at radius 2 is 2.00 bits per heavy atom. The molecule has 8 heteroatoms. The molecule has 0 saturated heterocycles. The van der Waals surface area contributed by atoms with Crippen molar-refractivity contribution in [3.05, 3.63) is 59.2 Å². The highest BCUT2D eigenvalue weighted by atomic mass is 32.2. The van der Waals surface area contributed by atoms with Gasteiger partial charge in [0.25, 0.3) is 0 Å². The number of hydrogen-bond donors (Lipinski definition) is 2. The molecule has 152 valence electrons. The number of nitrogens with one attached hydrogen (secondary N) is 1. The molecule has 2 aromatic rings. The van der Waals surface area contributed by atoms with E-state index in [1.165, 1.54) is 7.11 Å². The molecule has 3 N–H and O–H groups in total. The van der Waals surface area contributed by atoms with Crippen LogP contribution in [0.15, 0.2) is 36.4 Å². The number of benzene rings is 2. The Hall–Kier alpha value is -2.32. The molecule has 1 amide bonds. The molecule has 0 heterocycles. The van der Waals surface area contributed by atoms with Gasteiger partial charge < -0.3 is 20.5 Å². The van der Waals surface area contributed by atoms with Crippen LogP contribution in [-0.4, -0.2) is 31.1 Å². The number of primary amides is 1. The van der Waals surface area contributed by atoms with Crippen LogP contribution in [0.5, 0.6) is 11.5 Å². The molecule has 0 aliphatic heterocycles. The van der Waals surface area contributed by atoms with Gasteiger partial charge in [-0.3, -0.25) is 4.79 Å². The normalized spacial score (nSPS) is 11.9. The molecule has 0 radical (unpaired) electrons. The van der Waals surface area contributed by atoms with E-state index in [2.05, 4.69) is 5.32 Å². The van der Waals surface area contributed by atoms with Crippen LogP contribution in [0, 0.1) is 11.6 Å². The number of amides is 1. The van der Waals surface area contributed by atoms with E-state index in [4.69, 9.17) is 15.2 Å². The van der Waals surface area contributed by atoms with Gasteiger partial charge in [-0.2, -0.15) is 11.8 Å². The van der Waals surface area contributed by atoms with E-state index in [1.807, 2.05) is 6.26 Å². The second kappa shape index (κ2) is 10.9. The summed E-state index contributed by atoms with van der Waals surface area (Å²) in [5.41, 5.74) is 6.38. The SMILES string of the molecule is COc1cc(OCc2cc(F)ccc2F)ccc1CNC(CCSC)C(N)=O. The zero-order valence-electron chi connectivity index (χ0n) is 15.8. The van der Waals surface area contributed by atoms with Crippen LogP contribution in [0.3, 0.4) is 0 Å². The van der Waals surface area contributed by atoms with Crippen LogP contribution < -0.4 is 20.5 Å². The van der Waals surface area contributed by atoms with E-state index in [-0.39, 0.29) is 12.2 Å². The first-order valence-electron chi connectivity index (χ1n) is 8.70. The molecular weight excluding hydrogens is 386 g/mol. The Morgan fingerprint density at radius 1 is 1.21 bits per heavy atom. The van der Waals surface area contributed by atoms with Crippen LogP contribution >= 0.6 is 11.8 Å². The Labute approximate surface area is 167 Å². The second-order valence-corrected chi connectivity index (χ2v) is 7.10. The maximum absolute atomic E-state index is 13.7. The topological polar surface area (TPSA) is 73.6 Å². The molecule has 0 bridgehead atoms. The maximum Gasteiger partial charge on any atom is 0.234 e. The van der Waals surface area contributed by atoms with Gasteiger partial charge in [-0.05, 0) is 42.7 Å². The molecule has 2 aromatic carbocycles. The van der Waals surface area contributed by atoms with Gasteiger partial charge in [-0.25, -0.2) is 8.78 Å². The van der Waals surface area contributed by atoms with Gasteiger partial charge >= 0.3 is 0 Å². The number of rotatable bonds is 11. The molecule has 5 nitrogen and oxygen atoms in total. The van der Waals surface area contributed by atoms with Gasteiger partial charge in [0.2, 0.25) is 5.91 Å². The van der Waals surface area contributed by atoms with Crippen molar-refractivity contribution in [3.63, 3.8) is 0 Å². The lowest BCUT2D eigenvalue weighted by atomic mass is 10.1. The maximum atomic E-state index is 13.7. The van der Waals surface area contributed by atoms with Crippen molar-refractivity contribution in [3.8, 4) is 11.5 Å². The molecule has 1 atom stereocenters. The largest absolute Gasteiger partial charge is 0.496 e. The lowest BCUT2D eigenvalue weighted by Gasteiger charge is -2.17. The van der Waals surface area contributed by atoms with Crippen LogP contribution in [0.2, 0.25) is 0 Å². The summed E-state index contributed by atoms with van der Waals surface area (Å²) in [5, 5.41) is 3.14. The monoisotopic (exact) mass is 410 g/mol. The molecule has 2 rings (SSSR count). The summed E-state index contributed by atoms with van der Waals surface area (Å²) in [4.78, 5) is 11.5. The summed E-state index contributed by atoms with van der Waals surface area (Å²) >= 11 is 1.64. The van der Waals surface area contributed by atoms with E-state index in [1.54, 1.807) is 30.0 Å². The molecular formula is C20H24F2N2O3S. The quantitative estimate of drug-likeness (QED) is 0.595. The van der Waals surface area contributed by atoms with Gasteiger partial charge in [0, 0.05) is 23.7 Å². The minimum atomic E-state index is -0.531. The Morgan fingerprint density at radius 3 is 2.68 bits per heavy atom. The van der Waals surface area contributed by atoms with E-state index in [9.17, 15) is 13.6 Å². The van der Waals surface area contributed by atoms with Gasteiger partial charge in [-0.1, -0.05) is 6.07 Å². The molecule has 0 fully saturated rings. The molecule has 0 aliphatic rings. The average Bonchev–Trinajstić information content (AvgIpc) is 2.68. The number of methoxy groups -OCH3 is 1. The smallest absolute Gasteiger partial charge is 0.234 e. The highest BCUT2D eigenvalue weighted by Crippen LogP contribution is 2.26. The summed E-state index contributed by atoms with van der Waals surface area (Å²) in [6.45, 7) is 0.284. The van der Waals surface area contributed by atoms with Crippen molar-refractivity contribution < 1.29 is 23.0 Å². The fourth-order valence-electron chi connectivity index (χ4n) is 2.59. The Kier molecular flexibility index (Phi) is 8.53. The van der Waals surface area contributed by atoms with Crippen molar-refractivity contribution >= 4 is 17.7 Å². The minimum Gasteiger partial charge on any atom is -0.496 e. The number of ether oxygens (including phenoxy) is 2. The highest BCUT2D eigenvalue weighted by molar-refractivity contribution is 7.98. The number of halogens is 2. The lowest BCUT2D eigenvalue weighted by molar-refractivity contribution is -0.120. The standard InChI is InChI=1S/C20H24F2N2O3S/c1-26-19-10-16(27-12-14-9-15(21)4-6-17(14)22)5-3-13(19)11-24-18(20(23)25)7-8-28-2/h3-6,9-10,18,24H,7-8,11-12H2,1-2H3,(H2,23,25). The molecule has 1 unspecified atom stereocenters. The number of carbonyl (C=O) groups is 1. The predicted molar refractivity (Wildman–Crippen MR) is 107 cm³/mol. The zero-order valence-corrected chi connectivity index (χ0v) is 16.7. The Bertz CT molecular complexity index is 805. The molecule has 0 spiro atoms. The van der Waals surface area contributed by atoms with Crippen molar-refractivity contribution in [2.45, 2.75) is 25.6 Å². The summed E-state index contributed by atoms with van der Waals surface area (Å²) in [7, 11) is 1.52. The summed E-state index contributed by atoms with van der Waals surface area (Å²) < 4.78 is 37.9. The molecule has 28 heavy (non-hydrogen) atoms. The third-order valence-corrected chi connectivity index (χ3v) is 4.80. The predicted octanol–water partition coefficient (Wildman–Crippen LogP) is 3.25. The zero-order chi connectivity index (χ0) is 20.5. The summed E-state index contributed by atoms with van der Waals surface area (Å²) in [6.07, 6.45) is 2.61. The first-order chi connectivity index (χ1) is 13.4. The molecule has 0 aliphatic carbocycles. The van der Waals surface area contributed by atoms with Crippen molar-refractivity contribution in [1.82, 2.24) is 5.32 Å². The number of carbonyl (C=O) groups excluding carboxylic acids is 1. The fraction of sp³-hybridized carbons (Fsp3) is 0.350. The van der Waals surface area contributed by atoms with E-state index < -0.39 is 23.6 Å². The first kappa shape index (κ1) is 22.0. The van der Waals surface area contributed by atoms with Gasteiger partial charge in [-0.15, -0.1) is 0 Å². The summed E-state index contributed by atoms with van der Waals surface area (Å²) in [6, 6.07) is 7.95. The van der Waals surface area contributed by atoms with Crippen molar-refractivity contribution in [1.29, 1.82) is 0 Å². The first-order valence-corrected chi connectivity index (χ1v) is 10.1. The lowest BCUT2D eigenvalue weighted by Crippen LogP contribution is -2.41. The highest BCUT2D eigenvalue weighted by Gasteiger charge is 2.15. The van der Waals surface area contributed by atoms with E-state index in [0.29, 0.717) is 24.5 Å². The fourth-order valence-corrected chi connectivity index (χ4v) is 3.06. The third-order valence-electron chi connectivity index (χ3n) is 4.15. The number of nitrogens with two attached hydrogens (primary N) is 1. The minimum absolute atomic E-state index is 0.108. The summed E-state index contributed by atoms with van der Waals surface area (Å²) in [5.74, 6) is 0.378. The third kappa shape index (κ3) is 6.38. The van der Waals surface area contributed by atoms with Gasteiger partial charge in [0.05, 0.1) is 13.2 Å². The molecule has 0 saturated carbocycles. The van der Waals surface area contributed by atoms with Gasteiger partial charge in [0.1, 0.15) is 29.7 Å². The van der Waals surface area contributed by atoms with E-state index >= 15 is 0 Å². The second-order valence-electron chi connectivity index (χ2n) is 6.12. The van der Waals surface area contributed by atoms with Crippen molar-refractivity contribution in [2.75, 3.05) is 19.1 Å². The molecule has 0 aromatic heterocycles. The van der Waals surface area contributed by atoms with Crippen molar-refractivity contribution in [2.24, 2.45) is 5.73 Å². The number of hydrogen-bond acceptors (Lipinski definition) is 5. The average molecular weight is 410 g/mol.